The number of nitrogens with zero attached hydrogens (tertiary/aromatic N) is 2. The van der Waals surface area contributed by atoms with E-state index >= 15 is 0 Å². The normalized spacial score (nSPS) is 12.0. The minimum absolute atomic E-state index is 0.00248. The van der Waals surface area contributed by atoms with Gasteiger partial charge in [0.15, 0.2) is 0 Å². The number of sulfonamides is 1. The number of halogens is 3. The Bertz CT molecular complexity index is 1340. The van der Waals surface area contributed by atoms with Crippen LogP contribution in [0.15, 0.2) is 82.2 Å². The number of anilines is 1. The van der Waals surface area contributed by atoms with Crippen molar-refractivity contribution in [3.8, 4) is 0 Å². The molecule has 3 aromatic carbocycles. The van der Waals surface area contributed by atoms with Crippen LogP contribution in [0.1, 0.15) is 12.5 Å². The number of likely N-dealkylation sites (N-methyl/N-ethyl adjacent to an activating group) is 1. The Morgan fingerprint density at radius 1 is 0.972 bits per heavy atom. The number of benzene rings is 3. The smallest absolute Gasteiger partial charge is 0.264 e. The van der Waals surface area contributed by atoms with Crippen LogP contribution in [0.25, 0.3) is 0 Å². The van der Waals surface area contributed by atoms with Gasteiger partial charge in [-0.05, 0) is 55.0 Å². The lowest BCUT2D eigenvalue weighted by Crippen LogP contribution is -2.50. The molecule has 0 spiro atoms. The molecule has 0 aliphatic rings. The Hall–Kier alpha value is -2.59. The molecule has 11 heteroatoms. The third-order valence-electron chi connectivity index (χ3n) is 5.48. The Kier molecular flexibility index (Phi) is 9.41. The fourth-order valence-electron chi connectivity index (χ4n) is 3.47. The van der Waals surface area contributed by atoms with Crippen molar-refractivity contribution in [1.82, 2.24) is 10.2 Å². The monoisotopic (exact) mass is 611 g/mol. The molecule has 3 rings (SSSR count). The van der Waals surface area contributed by atoms with E-state index in [1.165, 1.54) is 42.3 Å². The van der Waals surface area contributed by atoms with Crippen molar-refractivity contribution in [3.05, 3.63) is 92.9 Å². The van der Waals surface area contributed by atoms with Crippen molar-refractivity contribution >= 4 is 66.7 Å². The molecule has 0 aliphatic carbocycles. The molecule has 36 heavy (non-hydrogen) atoms. The number of carbonyl (C=O) groups excluding carboxylic acids is 2. The van der Waals surface area contributed by atoms with Gasteiger partial charge >= 0.3 is 0 Å². The molecule has 2 amide bonds. The molecule has 0 bridgehead atoms. The van der Waals surface area contributed by atoms with Crippen LogP contribution in [-0.4, -0.2) is 44.8 Å². The first-order chi connectivity index (χ1) is 17.0. The van der Waals surface area contributed by atoms with Gasteiger partial charge in [0.25, 0.3) is 10.0 Å². The van der Waals surface area contributed by atoms with E-state index in [0.29, 0.717) is 0 Å². The molecule has 0 radical (unpaired) electrons. The van der Waals surface area contributed by atoms with Gasteiger partial charge in [0.05, 0.1) is 20.6 Å². The minimum Gasteiger partial charge on any atom is -0.357 e. The van der Waals surface area contributed by atoms with Gasteiger partial charge in [0.1, 0.15) is 12.6 Å². The van der Waals surface area contributed by atoms with Crippen molar-refractivity contribution in [2.24, 2.45) is 0 Å². The van der Waals surface area contributed by atoms with E-state index in [0.717, 1.165) is 14.3 Å². The second kappa shape index (κ2) is 12.1. The van der Waals surface area contributed by atoms with Crippen LogP contribution in [0.3, 0.4) is 0 Å². The first kappa shape index (κ1) is 28.0. The van der Waals surface area contributed by atoms with Crippen molar-refractivity contribution in [1.29, 1.82) is 0 Å². The maximum Gasteiger partial charge on any atom is 0.264 e. The summed E-state index contributed by atoms with van der Waals surface area (Å²) in [4.78, 5) is 27.5. The summed E-state index contributed by atoms with van der Waals surface area (Å²) in [6.07, 6.45) is 0. The Labute approximate surface area is 229 Å². The summed E-state index contributed by atoms with van der Waals surface area (Å²) in [5, 5.41) is 2.93. The summed E-state index contributed by atoms with van der Waals surface area (Å²) in [6.45, 7) is 1.12. The maximum atomic E-state index is 13.7. The van der Waals surface area contributed by atoms with Crippen molar-refractivity contribution in [2.75, 3.05) is 17.9 Å². The number of rotatable bonds is 9. The summed E-state index contributed by atoms with van der Waals surface area (Å²) in [6, 6.07) is 18.5. The molecule has 190 valence electrons. The van der Waals surface area contributed by atoms with E-state index in [1.807, 2.05) is 24.3 Å². The summed E-state index contributed by atoms with van der Waals surface area (Å²) >= 11 is 15.6. The van der Waals surface area contributed by atoms with Crippen molar-refractivity contribution < 1.29 is 18.0 Å². The van der Waals surface area contributed by atoms with Gasteiger partial charge in [-0.15, -0.1) is 0 Å². The zero-order chi connectivity index (χ0) is 26.5. The second-order valence-electron chi connectivity index (χ2n) is 7.86. The van der Waals surface area contributed by atoms with E-state index in [9.17, 15) is 18.0 Å². The molecule has 0 saturated heterocycles. The van der Waals surface area contributed by atoms with Crippen molar-refractivity contribution in [2.45, 2.75) is 24.4 Å². The van der Waals surface area contributed by atoms with Gasteiger partial charge in [0.2, 0.25) is 11.8 Å². The topological polar surface area (TPSA) is 86.8 Å². The summed E-state index contributed by atoms with van der Waals surface area (Å²) < 4.78 is 29.1. The highest BCUT2D eigenvalue weighted by atomic mass is 79.9. The molecule has 0 heterocycles. The quantitative estimate of drug-likeness (QED) is 0.364. The molecule has 1 N–H and O–H groups in total. The van der Waals surface area contributed by atoms with Crippen LogP contribution in [0.5, 0.6) is 0 Å². The fraction of sp³-hybridized carbons (Fsp3) is 0.200. The highest BCUT2D eigenvalue weighted by Gasteiger charge is 2.32. The molecule has 0 saturated carbocycles. The van der Waals surface area contributed by atoms with Crippen LogP contribution >= 0.6 is 39.1 Å². The first-order valence-corrected chi connectivity index (χ1v) is 13.8. The Morgan fingerprint density at radius 2 is 1.61 bits per heavy atom. The van der Waals surface area contributed by atoms with Crippen LogP contribution in [0, 0.1) is 0 Å². The Morgan fingerprint density at radius 3 is 2.19 bits per heavy atom. The fourth-order valence-corrected chi connectivity index (χ4v) is 5.45. The highest BCUT2D eigenvalue weighted by Crippen LogP contribution is 2.31. The predicted molar refractivity (Wildman–Crippen MR) is 146 cm³/mol. The minimum atomic E-state index is -4.16. The highest BCUT2D eigenvalue weighted by molar-refractivity contribution is 9.10. The molecular weight excluding hydrogens is 589 g/mol. The second-order valence-corrected chi connectivity index (χ2v) is 11.5. The lowest BCUT2D eigenvalue weighted by molar-refractivity contribution is -0.139. The lowest BCUT2D eigenvalue weighted by atomic mass is 10.1. The number of amides is 2. The molecule has 1 atom stereocenters. The molecule has 7 nitrogen and oxygen atoms in total. The third-order valence-corrected chi connectivity index (χ3v) is 8.54. The maximum absolute atomic E-state index is 13.7. The summed E-state index contributed by atoms with van der Waals surface area (Å²) in [5.74, 6) is -0.952. The number of nitrogens with one attached hydrogen (secondary N) is 1. The van der Waals surface area contributed by atoms with E-state index in [-0.39, 0.29) is 33.1 Å². The molecular formula is C25H24BrCl2N3O4S. The molecule has 3 aromatic rings. The van der Waals surface area contributed by atoms with E-state index in [1.54, 1.807) is 25.1 Å². The van der Waals surface area contributed by atoms with Crippen LogP contribution in [0.2, 0.25) is 10.0 Å². The average molecular weight is 613 g/mol. The standard InChI is InChI=1S/C25H24BrCl2N3O4S/c1-17(25(33)29-2)30(15-18-8-10-19(26)11-9-18)24(32)16-31(20-12-13-22(27)23(28)14-20)36(34,35)21-6-4-3-5-7-21/h3-14,17H,15-16H2,1-2H3,(H,29,33)/t17-/m0/s1. The predicted octanol–water partition coefficient (Wildman–Crippen LogP) is 5.11. The number of carbonyl (C=O) groups is 2. The largest absolute Gasteiger partial charge is 0.357 e. The van der Waals surface area contributed by atoms with Gasteiger partial charge in [0, 0.05) is 18.1 Å². The lowest BCUT2D eigenvalue weighted by Gasteiger charge is -2.31. The van der Waals surface area contributed by atoms with E-state index in [4.69, 9.17) is 23.2 Å². The van der Waals surface area contributed by atoms with Gasteiger partial charge in [-0.2, -0.15) is 0 Å². The summed E-state index contributed by atoms with van der Waals surface area (Å²) in [7, 11) is -2.69. The van der Waals surface area contributed by atoms with E-state index < -0.39 is 28.5 Å². The van der Waals surface area contributed by atoms with Gasteiger partial charge in [-0.25, -0.2) is 8.42 Å². The SMILES string of the molecule is CNC(=O)[C@H](C)N(Cc1ccc(Br)cc1)C(=O)CN(c1ccc(Cl)c(Cl)c1)S(=O)(=O)c1ccccc1. The molecule has 0 fully saturated rings. The Balaban J connectivity index is 2.04. The third kappa shape index (κ3) is 6.59. The number of hydrogen-bond acceptors (Lipinski definition) is 4. The van der Waals surface area contributed by atoms with Gasteiger partial charge in [-0.3, -0.25) is 13.9 Å². The van der Waals surface area contributed by atoms with E-state index in [2.05, 4.69) is 21.2 Å². The molecule has 0 aliphatic heterocycles. The first-order valence-electron chi connectivity index (χ1n) is 10.8. The van der Waals surface area contributed by atoms with Crippen LogP contribution in [0.4, 0.5) is 5.69 Å². The van der Waals surface area contributed by atoms with Crippen molar-refractivity contribution in [3.63, 3.8) is 0 Å². The average Bonchev–Trinajstić information content (AvgIpc) is 2.88. The van der Waals surface area contributed by atoms with Gasteiger partial charge in [-0.1, -0.05) is 69.5 Å². The molecule has 0 unspecified atom stereocenters. The van der Waals surface area contributed by atoms with Crippen LogP contribution < -0.4 is 9.62 Å². The summed E-state index contributed by atoms with van der Waals surface area (Å²) in [5.41, 5.74) is 0.937. The molecule has 0 aromatic heterocycles. The zero-order valence-electron chi connectivity index (χ0n) is 19.5. The zero-order valence-corrected chi connectivity index (χ0v) is 23.4. The van der Waals surface area contributed by atoms with Gasteiger partial charge < -0.3 is 10.2 Å². The van der Waals surface area contributed by atoms with Crippen LogP contribution in [-0.2, 0) is 26.2 Å². The number of hydrogen-bond donors (Lipinski definition) is 1.